The van der Waals surface area contributed by atoms with Gasteiger partial charge in [0.05, 0.1) is 5.69 Å². The summed E-state index contributed by atoms with van der Waals surface area (Å²) in [7, 11) is 1.77. The maximum atomic E-state index is 6.01. The number of aromatic nitrogens is 3. The quantitative estimate of drug-likeness (QED) is 0.518. The van der Waals surface area contributed by atoms with Crippen LogP contribution in [0.5, 0.6) is 0 Å². The van der Waals surface area contributed by atoms with Gasteiger partial charge < -0.3 is 10.6 Å². The molecular formula is C19H21ClN6. The molecule has 0 spiro atoms. The van der Waals surface area contributed by atoms with Gasteiger partial charge in [0, 0.05) is 25.2 Å². The van der Waals surface area contributed by atoms with Crippen LogP contribution >= 0.6 is 11.6 Å². The first-order valence-corrected chi connectivity index (χ1v) is 8.75. The van der Waals surface area contributed by atoms with Crippen molar-refractivity contribution in [2.24, 2.45) is 4.99 Å². The topological polar surface area (TPSA) is 67.1 Å². The molecule has 3 rings (SSSR count). The monoisotopic (exact) mass is 368 g/mol. The molecule has 0 aliphatic heterocycles. The summed E-state index contributed by atoms with van der Waals surface area (Å²) >= 11 is 6.01. The molecule has 1 heterocycles. The summed E-state index contributed by atoms with van der Waals surface area (Å²) in [6, 6.07) is 16.0. The van der Waals surface area contributed by atoms with Crippen LogP contribution in [0.4, 0.5) is 0 Å². The molecular weight excluding hydrogens is 348 g/mol. The largest absolute Gasteiger partial charge is 0.356 e. The molecule has 0 saturated carbocycles. The van der Waals surface area contributed by atoms with Crippen LogP contribution in [0, 0.1) is 0 Å². The van der Waals surface area contributed by atoms with Crippen molar-refractivity contribution in [3.63, 3.8) is 0 Å². The Morgan fingerprint density at radius 1 is 1.12 bits per heavy atom. The summed E-state index contributed by atoms with van der Waals surface area (Å²) in [5.74, 6) is 0.771. The van der Waals surface area contributed by atoms with Gasteiger partial charge in [-0.2, -0.15) is 5.10 Å². The number of benzene rings is 2. The van der Waals surface area contributed by atoms with Crippen molar-refractivity contribution in [2.45, 2.75) is 13.0 Å². The van der Waals surface area contributed by atoms with E-state index in [2.05, 4.69) is 43.9 Å². The molecule has 0 amide bonds. The van der Waals surface area contributed by atoms with Crippen LogP contribution in [-0.4, -0.2) is 34.3 Å². The summed E-state index contributed by atoms with van der Waals surface area (Å²) < 4.78 is 1.73. The lowest BCUT2D eigenvalue weighted by Gasteiger charge is -2.12. The average molecular weight is 369 g/mol. The van der Waals surface area contributed by atoms with Crippen LogP contribution in [0.2, 0.25) is 5.02 Å². The van der Waals surface area contributed by atoms with Crippen molar-refractivity contribution in [1.82, 2.24) is 25.4 Å². The minimum absolute atomic E-state index is 0.689. The molecule has 2 N–H and O–H groups in total. The highest BCUT2D eigenvalue weighted by Gasteiger charge is 2.01. The number of guanidine groups is 1. The predicted molar refractivity (Wildman–Crippen MR) is 105 cm³/mol. The van der Waals surface area contributed by atoms with Gasteiger partial charge in [-0.15, -0.1) is 0 Å². The maximum Gasteiger partial charge on any atom is 0.191 e. The second kappa shape index (κ2) is 9.01. The lowest BCUT2D eigenvalue weighted by atomic mass is 10.1. The van der Waals surface area contributed by atoms with Gasteiger partial charge in [-0.25, -0.2) is 9.67 Å². The van der Waals surface area contributed by atoms with Gasteiger partial charge >= 0.3 is 0 Å². The number of nitrogens with one attached hydrogen (secondary N) is 2. The van der Waals surface area contributed by atoms with Gasteiger partial charge in [0.15, 0.2) is 5.96 Å². The summed E-state index contributed by atoms with van der Waals surface area (Å²) in [4.78, 5) is 8.21. The van der Waals surface area contributed by atoms with Gasteiger partial charge in [0.25, 0.3) is 0 Å². The van der Waals surface area contributed by atoms with E-state index >= 15 is 0 Å². The molecule has 0 aliphatic carbocycles. The zero-order chi connectivity index (χ0) is 18.2. The van der Waals surface area contributed by atoms with Gasteiger partial charge in [-0.3, -0.25) is 4.99 Å². The maximum absolute atomic E-state index is 6.01. The third kappa shape index (κ3) is 5.07. The standard InChI is InChI=1S/C19H21ClN6/c1-21-19(23-10-9-15-3-2-4-17(20)11-15)24-12-16-5-7-18(8-6-16)26-14-22-13-25-26/h2-8,11,13-14H,9-10,12H2,1H3,(H2,21,23,24). The van der Waals surface area contributed by atoms with Crippen molar-refractivity contribution in [2.75, 3.05) is 13.6 Å². The van der Waals surface area contributed by atoms with Crippen molar-refractivity contribution in [3.05, 3.63) is 77.3 Å². The number of halogens is 1. The summed E-state index contributed by atoms with van der Waals surface area (Å²) in [5, 5.41) is 11.5. The van der Waals surface area contributed by atoms with Crippen molar-refractivity contribution in [3.8, 4) is 5.69 Å². The molecule has 0 aliphatic rings. The van der Waals surface area contributed by atoms with E-state index in [1.807, 2.05) is 30.3 Å². The van der Waals surface area contributed by atoms with E-state index in [-0.39, 0.29) is 0 Å². The Hall–Kier alpha value is -2.86. The van der Waals surface area contributed by atoms with Crippen LogP contribution in [0.3, 0.4) is 0 Å². The third-order valence-electron chi connectivity index (χ3n) is 3.90. The molecule has 0 bridgehead atoms. The van der Waals surface area contributed by atoms with Crippen LogP contribution in [0.15, 0.2) is 66.2 Å². The number of aliphatic imine (C=N–C) groups is 1. The van der Waals surface area contributed by atoms with E-state index in [1.54, 1.807) is 18.1 Å². The highest BCUT2D eigenvalue weighted by Crippen LogP contribution is 2.10. The Kier molecular flexibility index (Phi) is 6.22. The van der Waals surface area contributed by atoms with E-state index in [0.29, 0.717) is 6.54 Å². The Morgan fingerprint density at radius 2 is 1.96 bits per heavy atom. The van der Waals surface area contributed by atoms with Gasteiger partial charge in [-0.05, 0) is 41.8 Å². The van der Waals surface area contributed by atoms with Crippen molar-refractivity contribution in [1.29, 1.82) is 0 Å². The first kappa shape index (κ1) is 17.9. The van der Waals surface area contributed by atoms with Crippen LogP contribution in [0.25, 0.3) is 5.69 Å². The fourth-order valence-electron chi connectivity index (χ4n) is 2.53. The summed E-state index contributed by atoms with van der Waals surface area (Å²) in [6.45, 7) is 1.47. The third-order valence-corrected chi connectivity index (χ3v) is 4.13. The Morgan fingerprint density at radius 3 is 2.65 bits per heavy atom. The fraction of sp³-hybridized carbons (Fsp3) is 0.211. The lowest BCUT2D eigenvalue weighted by molar-refractivity contribution is 0.794. The Labute approximate surface area is 157 Å². The Balaban J connectivity index is 1.46. The number of rotatable bonds is 6. The molecule has 6 nitrogen and oxygen atoms in total. The van der Waals surface area contributed by atoms with E-state index in [0.717, 1.165) is 35.2 Å². The van der Waals surface area contributed by atoms with Crippen molar-refractivity contribution >= 4 is 17.6 Å². The molecule has 0 saturated heterocycles. The summed E-state index contributed by atoms with van der Waals surface area (Å²) in [5.41, 5.74) is 3.34. The predicted octanol–water partition coefficient (Wildman–Crippen LogP) is 2.83. The smallest absolute Gasteiger partial charge is 0.191 e. The van der Waals surface area contributed by atoms with E-state index in [4.69, 9.17) is 11.6 Å². The van der Waals surface area contributed by atoms with Gasteiger partial charge in [0.1, 0.15) is 12.7 Å². The van der Waals surface area contributed by atoms with E-state index in [9.17, 15) is 0 Å². The van der Waals surface area contributed by atoms with Crippen LogP contribution in [0.1, 0.15) is 11.1 Å². The first-order chi connectivity index (χ1) is 12.7. The molecule has 26 heavy (non-hydrogen) atoms. The minimum Gasteiger partial charge on any atom is -0.356 e. The molecule has 7 heteroatoms. The fourth-order valence-corrected chi connectivity index (χ4v) is 2.75. The van der Waals surface area contributed by atoms with Crippen LogP contribution in [-0.2, 0) is 13.0 Å². The Bertz CT molecular complexity index is 843. The summed E-state index contributed by atoms with van der Waals surface area (Å²) in [6.07, 6.45) is 4.08. The van der Waals surface area contributed by atoms with Crippen molar-refractivity contribution < 1.29 is 0 Å². The molecule has 3 aromatic rings. The lowest BCUT2D eigenvalue weighted by Crippen LogP contribution is -2.37. The zero-order valence-electron chi connectivity index (χ0n) is 14.6. The molecule has 1 aromatic heterocycles. The minimum atomic E-state index is 0.689. The SMILES string of the molecule is CN=C(NCCc1cccc(Cl)c1)NCc1ccc(-n2cncn2)cc1. The molecule has 0 fully saturated rings. The first-order valence-electron chi connectivity index (χ1n) is 8.37. The number of hydrogen-bond donors (Lipinski definition) is 2. The molecule has 0 atom stereocenters. The number of hydrogen-bond acceptors (Lipinski definition) is 3. The highest BCUT2D eigenvalue weighted by molar-refractivity contribution is 6.30. The van der Waals surface area contributed by atoms with E-state index < -0.39 is 0 Å². The van der Waals surface area contributed by atoms with Gasteiger partial charge in [-0.1, -0.05) is 35.9 Å². The highest BCUT2D eigenvalue weighted by atomic mass is 35.5. The van der Waals surface area contributed by atoms with Gasteiger partial charge in [0.2, 0.25) is 0 Å². The molecule has 0 radical (unpaired) electrons. The second-order valence-corrected chi connectivity index (χ2v) is 6.18. The average Bonchev–Trinajstić information content (AvgIpc) is 3.20. The van der Waals surface area contributed by atoms with E-state index in [1.165, 1.54) is 11.9 Å². The zero-order valence-corrected chi connectivity index (χ0v) is 15.3. The normalized spacial score (nSPS) is 11.4. The van der Waals surface area contributed by atoms with Crippen LogP contribution < -0.4 is 10.6 Å². The number of nitrogens with zero attached hydrogens (tertiary/aromatic N) is 4. The molecule has 2 aromatic carbocycles. The molecule has 134 valence electrons. The second-order valence-electron chi connectivity index (χ2n) is 5.74. The molecule has 0 unspecified atom stereocenters.